The molecule has 0 aliphatic rings. The van der Waals surface area contributed by atoms with Crippen LogP contribution in [0.2, 0.25) is 0 Å². The maximum atomic E-state index is 11.3. The number of amides is 1. The second-order valence-electron chi connectivity index (χ2n) is 4.13. The maximum absolute atomic E-state index is 11.3. The zero-order valence-electron chi connectivity index (χ0n) is 11.6. The third-order valence-electron chi connectivity index (χ3n) is 2.49. The van der Waals surface area contributed by atoms with E-state index < -0.39 is 17.8 Å². The molecule has 0 fully saturated rings. The van der Waals surface area contributed by atoms with Crippen molar-refractivity contribution in [2.24, 2.45) is 0 Å². The highest BCUT2D eigenvalue weighted by Crippen LogP contribution is 2.14. The van der Waals surface area contributed by atoms with Crippen molar-refractivity contribution in [3.63, 3.8) is 0 Å². The number of allylic oxidation sites excluding steroid dienone is 1. The van der Waals surface area contributed by atoms with Crippen LogP contribution in [0.5, 0.6) is 0 Å². The van der Waals surface area contributed by atoms with Crippen molar-refractivity contribution in [1.82, 2.24) is 5.32 Å². The number of aliphatic carboxylic acids is 2. The van der Waals surface area contributed by atoms with Gasteiger partial charge in [0.05, 0.1) is 5.57 Å². The van der Waals surface area contributed by atoms with Crippen molar-refractivity contribution >= 4 is 17.8 Å². The van der Waals surface area contributed by atoms with Crippen molar-refractivity contribution in [3.05, 3.63) is 35.6 Å². The van der Waals surface area contributed by atoms with Gasteiger partial charge in [-0.25, -0.2) is 9.59 Å². The molecule has 6 heteroatoms. The summed E-state index contributed by atoms with van der Waals surface area (Å²) in [6, 6.07) is 0. The van der Waals surface area contributed by atoms with Crippen LogP contribution in [0.3, 0.4) is 0 Å². The average Bonchev–Trinajstić information content (AvgIpc) is 2.39. The second-order valence-corrected chi connectivity index (χ2v) is 4.13. The van der Waals surface area contributed by atoms with Crippen LogP contribution < -0.4 is 5.32 Å². The zero-order valence-corrected chi connectivity index (χ0v) is 11.6. The summed E-state index contributed by atoms with van der Waals surface area (Å²) in [6.45, 7) is 6.51. The van der Waals surface area contributed by atoms with Crippen LogP contribution in [0.1, 0.15) is 33.1 Å². The molecule has 0 aromatic heterocycles. The summed E-state index contributed by atoms with van der Waals surface area (Å²) in [5, 5.41) is 20.4. The lowest BCUT2D eigenvalue weighted by Crippen LogP contribution is -2.23. The molecule has 0 aliphatic heterocycles. The summed E-state index contributed by atoms with van der Waals surface area (Å²) in [6.07, 6.45) is 3.88. The zero-order chi connectivity index (χ0) is 15.7. The van der Waals surface area contributed by atoms with Gasteiger partial charge in [-0.3, -0.25) is 4.79 Å². The van der Waals surface area contributed by atoms with Gasteiger partial charge in [0.25, 0.3) is 0 Å². The van der Waals surface area contributed by atoms with E-state index in [1.54, 1.807) is 0 Å². The molecule has 0 aromatic rings. The van der Waals surface area contributed by atoms with Gasteiger partial charge >= 0.3 is 11.9 Å². The molecule has 0 saturated heterocycles. The number of carbonyl (C=O) groups excluding carboxylic acids is 1. The molecule has 110 valence electrons. The van der Waals surface area contributed by atoms with E-state index in [0.717, 1.165) is 18.6 Å². The van der Waals surface area contributed by atoms with E-state index in [9.17, 15) is 19.5 Å². The minimum atomic E-state index is -1.29. The third kappa shape index (κ3) is 5.99. The minimum Gasteiger partial charge on any atom is -0.478 e. The van der Waals surface area contributed by atoms with Crippen LogP contribution in [-0.2, 0) is 14.4 Å². The van der Waals surface area contributed by atoms with Crippen molar-refractivity contribution in [1.29, 1.82) is 0 Å². The van der Waals surface area contributed by atoms with E-state index in [1.165, 1.54) is 6.92 Å². The van der Waals surface area contributed by atoms with Crippen molar-refractivity contribution in [3.8, 4) is 0 Å². The van der Waals surface area contributed by atoms with Crippen LogP contribution in [0, 0.1) is 0 Å². The van der Waals surface area contributed by atoms with Gasteiger partial charge in [0, 0.05) is 11.3 Å². The van der Waals surface area contributed by atoms with Gasteiger partial charge in [-0.15, -0.1) is 0 Å². The van der Waals surface area contributed by atoms with E-state index in [2.05, 4.69) is 11.9 Å². The fourth-order valence-electron chi connectivity index (χ4n) is 1.37. The Morgan fingerprint density at radius 2 is 1.80 bits per heavy atom. The first-order valence-electron chi connectivity index (χ1n) is 6.14. The SMILES string of the molecule is C=CC(=O)NC(CCCC)=C(C=C(C)C(=O)O)C(=O)O. The molecule has 0 radical (unpaired) electrons. The Morgan fingerprint density at radius 3 is 2.20 bits per heavy atom. The highest BCUT2D eigenvalue weighted by atomic mass is 16.4. The van der Waals surface area contributed by atoms with Gasteiger partial charge < -0.3 is 15.5 Å². The Hall–Kier alpha value is -2.37. The summed E-state index contributed by atoms with van der Waals surface area (Å²) in [7, 11) is 0. The van der Waals surface area contributed by atoms with Crippen LogP contribution in [0.25, 0.3) is 0 Å². The fourth-order valence-corrected chi connectivity index (χ4v) is 1.37. The summed E-state index contributed by atoms with van der Waals surface area (Å²) in [4.78, 5) is 33.4. The third-order valence-corrected chi connectivity index (χ3v) is 2.49. The minimum absolute atomic E-state index is 0.121. The van der Waals surface area contributed by atoms with Crippen LogP contribution in [0.15, 0.2) is 35.6 Å². The van der Waals surface area contributed by atoms with Crippen molar-refractivity contribution < 1.29 is 24.6 Å². The van der Waals surface area contributed by atoms with Crippen LogP contribution >= 0.6 is 0 Å². The van der Waals surface area contributed by atoms with Crippen LogP contribution in [0.4, 0.5) is 0 Å². The van der Waals surface area contributed by atoms with E-state index in [1.807, 2.05) is 6.92 Å². The number of rotatable bonds is 8. The normalized spacial score (nSPS) is 12.4. The standard InChI is InChI=1S/C14H19NO5/c1-4-6-7-11(15-12(16)5-2)10(14(19)20)8-9(3)13(17)18/h5,8H,2,4,6-7H2,1,3H3,(H,15,16)(H,17,18)(H,19,20). The van der Waals surface area contributed by atoms with Gasteiger partial charge in [0.15, 0.2) is 0 Å². The number of unbranched alkanes of at least 4 members (excludes halogenated alkanes) is 1. The number of carboxylic acids is 2. The Morgan fingerprint density at radius 1 is 1.20 bits per heavy atom. The van der Waals surface area contributed by atoms with E-state index in [-0.39, 0.29) is 16.8 Å². The lowest BCUT2D eigenvalue weighted by Gasteiger charge is -2.11. The summed E-state index contributed by atoms with van der Waals surface area (Å²) in [5.74, 6) is -3.04. The molecule has 0 aromatic carbocycles. The Kier molecular flexibility index (Phi) is 7.65. The molecular formula is C14H19NO5. The highest BCUT2D eigenvalue weighted by Gasteiger charge is 2.15. The lowest BCUT2D eigenvalue weighted by atomic mass is 10.1. The number of hydrogen-bond donors (Lipinski definition) is 3. The molecule has 0 spiro atoms. The van der Waals surface area contributed by atoms with Gasteiger partial charge in [-0.05, 0) is 31.9 Å². The lowest BCUT2D eigenvalue weighted by molar-refractivity contribution is -0.132. The topological polar surface area (TPSA) is 104 Å². The summed E-state index contributed by atoms with van der Waals surface area (Å²) >= 11 is 0. The quantitative estimate of drug-likeness (QED) is 0.465. The predicted molar refractivity (Wildman–Crippen MR) is 73.9 cm³/mol. The molecule has 0 rings (SSSR count). The largest absolute Gasteiger partial charge is 0.478 e. The molecule has 20 heavy (non-hydrogen) atoms. The van der Waals surface area contributed by atoms with E-state index in [4.69, 9.17) is 5.11 Å². The summed E-state index contributed by atoms with van der Waals surface area (Å²) in [5.41, 5.74) is -0.164. The molecule has 0 bridgehead atoms. The van der Waals surface area contributed by atoms with Crippen molar-refractivity contribution in [2.75, 3.05) is 0 Å². The molecule has 3 N–H and O–H groups in total. The van der Waals surface area contributed by atoms with Gasteiger partial charge in [0.1, 0.15) is 0 Å². The number of carboxylic acid groups (broad SMARTS) is 2. The fraction of sp³-hybridized carbons (Fsp3) is 0.357. The summed E-state index contributed by atoms with van der Waals surface area (Å²) < 4.78 is 0. The predicted octanol–water partition coefficient (Wildman–Crippen LogP) is 1.85. The Balaban J connectivity index is 5.67. The van der Waals surface area contributed by atoms with Crippen molar-refractivity contribution in [2.45, 2.75) is 33.1 Å². The number of nitrogens with one attached hydrogen (secondary N) is 1. The van der Waals surface area contributed by atoms with Crippen LogP contribution in [-0.4, -0.2) is 28.1 Å². The molecule has 1 amide bonds. The number of hydrogen-bond acceptors (Lipinski definition) is 3. The molecule has 0 saturated carbocycles. The number of carbonyl (C=O) groups is 3. The van der Waals surface area contributed by atoms with Gasteiger partial charge in [0.2, 0.25) is 5.91 Å². The first-order chi connectivity index (χ1) is 9.33. The molecule has 0 atom stereocenters. The molecule has 0 unspecified atom stereocenters. The molecule has 0 aliphatic carbocycles. The smallest absolute Gasteiger partial charge is 0.337 e. The van der Waals surface area contributed by atoms with E-state index in [0.29, 0.717) is 12.8 Å². The van der Waals surface area contributed by atoms with Gasteiger partial charge in [-0.1, -0.05) is 19.9 Å². The Labute approximate surface area is 117 Å². The van der Waals surface area contributed by atoms with Gasteiger partial charge in [-0.2, -0.15) is 0 Å². The molecule has 6 nitrogen and oxygen atoms in total. The highest BCUT2D eigenvalue weighted by molar-refractivity contribution is 5.96. The second kappa shape index (κ2) is 8.68. The van der Waals surface area contributed by atoms with E-state index >= 15 is 0 Å². The maximum Gasteiger partial charge on any atom is 0.337 e. The average molecular weight is 281 g/mol. The first-order valence-corrected chi connectivity index (χ1v) is 6.14. The molecular weight excluding hydrogens is 262 g/mol. The monoisotopic (exact) mass is 281 g/mol. The Bertz CT molecular complexity index is 474. The molecule has 0 heterocycles. The first kappa shape index (κ1) is 17.6.